The first-order valence-corrected chi connectivity index (χ1v) is 10.3. The van der Waals surface area contributed by atoms with Gasteiger partial charge >= 0.3 is 0 Å². The van der Waals surface area contributed by atoms with E-state index in [0.29, 0.717) is 25.5 Å². The molecule has 8 heteroatoms. The average Bonchev–Trinajstić information content (AvgIpc) is 2.69. The van der Waals surface area contributed by atoms with E-state index in [1.54, 1.807) is 6.21 Å². The average molecular weight is 418 g/mol. The smallest absolute Gasteiger partial charge is 0.176 e. The summed E-state index contributed by atoms with van der Waals surface area (Å²) in [6, 6.07) is 6.21. The van der Waals surface area contributed by atoms with Crippen LogP contribution in [0, 0.1) is 10.8 Å². The van der Waals surface area contributed by atoms with Gasteiger partial charge in [0.05, 0.1) is 26.4 Å². The van der Waals surface area contributed by atoms with Crippen LogP contribution in [0.25, 0.3) is 0 Å². The van der Waals surface area contributed by atoms with Crippen molar-refractivity contribution in [3.8, 4) is 0 Å². The van der Waals surface area contributed by atoms with E-state index in [1.807, 2.05) is 25.1 Å². The monoisotopic (exact) mass is 417 g/mol. The van der Waals surface area contributed by atoms with Gasteiger partial charge < -0.3 is 30.2 Å². The highest BCUT2D eigenvalue weighted by molar-refractivity contribution is 6.39. The summed E-state index contributed by atoms with van der Waals surface area (Å²) >= 11 is 0. The second kappa shape index (κ2) is 8.91. The number of anilines is 2. The number of nitrogens with zero attached hydrogens (tertiary/aromatic N) is 4. The molecule has 3 N–H and O–H groups in total. The lowest BCUT2D eigenvalue weighted by atomic mass is 9.82. The van der Waals surface area contributed by atoms with E-state index in [0.717, 1.165) is 30.0 Å². The molecule has 30 heavy (non-hydrogen) atoms. The van der Waals surface area contributed by atoms with Gasteiger partial charge in [-0.05, 0) is 18.2 Å². The van der Waals surface area contributed by atoms with Crippen molar-refractivity contribution in [1.29, 1.82) is 0 Å². The molecule has 2 aliphatic rings. The highest BCUT2D eigenvalue weighted by atomic mass is 16.7. The van der Waals surface area contributed by atoms with Gasteiger partial charge in [-0.25, -0.2) is 0 Å². The molecule has 1 aromatic rings. The molecular formula is C22H35N5O3. The Kier molecular flexibility index (Phi) is 6.69. The number of aliphatic hydroxyl groups excluding tert-OH is 1. The summed E-state index contributed by atoms with van der Waals surface area (Å²) < 4.78 is 11.4. The van der Waals surface area contributed by atoms with Gasteiger partial charge in [-0.3, -0.25) is 4.99 Å². The molecule has 1 aromatic carbocycles. The Morgan fingerprint density at radius 1 is 1.27 bits per heavy atom. The molecule has 166 valence electrons. The van der Waals surface area contributed by atoms with E-state index in [-0.39, 0.29) is 23.7 Å². The van der Waals surface area contributed by atoms with Gasteiger partial charge in [0.25, 0.3) is 0 Å². The number of rotatable bonds is 7. The summed E-state index contributed by atoms with van der Waals surface area (Å²) in [5, 5.41) is 13.5. The fraction of sp³-hybridized carbons (Fsp3) is 0.636. The van der Waals surface area contributed by atoms with E-state index >= 15 is 0 Å². The van der Waals surface area contributed by atoms with Crippen LogP contribution in [0.5, 0.6) is 0 Å². The van der Waals surface area contributed by atoms with E-state index in [4.69, 9.17) is 15.3 Å². The summed E-state index contributed by atoms with van der Waals surface area (Å²) in [5.74, 6) is 5.69. The third-order valence-electron chi connectivity index (χ3n) is 5.56. The Morgan fingerprint density at radius 2 is 1.93 bits per heavy atom. The number of hydrogen-bond acceptors (Lipinski definition) is 8. The Morgan fingerprint density at radius 3 is 2.50 bits per heavy atom. The van der Waals surface area contributed by atoms with Crippen molar-refractivity contribution in [2.24, 2.45) is 26.8 Å². The molecule has 0 spiro atoms. The number of nitrogens with two attached hydrogens (primary N) is 1. The minimum Gasteiger partial charge on any atom is -0.396 e. The van der Waals surface area contributed by atoms with E-state index in [9.17, 15) is 5.11 Å². The third-order valence-corrected chi connectivity index (χ3v) is 5.56. The summed E-state index contributed by atoms with van der Waals surface area (Å²) in [5.41, 5.74) is 3.65. The lowest BCUT2D eigenvalue weighted by Gasteiger charge is -2.48. The predicted octanol–water partition coefficient (Wildman–Crippen LogP) is 1.70. The summed E-state index contributed by atoms with van der Waals surface area (Å²) in [6.07, 6.45) is 1.34. The first-order chi connectivity index (χ1) is 14.2. The zero-order valence-electron chi connectivity index (χ0n) is 18.8. The molecule has 0 atom stereocenters. The molecule has 2 aliphatic heterocycles. The SMILES string of the molecule is CN(C)c1cc(N2CC(C)(CO)C2)ccc1/C(C=NCC1OCC(C)(C)CO1)=N/N. The lowest BCUT2D eigenvalue weighted by Crippen LogP contribution is -2.56. The molecule has 3 rings (SSSR count). The van der Waals surface area contributed by atoms with Gasteiger partial charge in [-0.1, -0.05) is 20.8 Å². The van der Waals surface area contributed by atoms with Crippen molar-refractivity contribution < 1.29 is 14.6 Å². The van der Waals surface area contributed by atoms with Crippen molar-refractivity contribution in [3.63, 3.8) is 0 Å². The zero-order chi connectivity index (χ0) is 21.9. The van der Waals surface area contributed by atoms with Crippen LogP contribution < -0.4 is 15.6 Å². The van der Waals surface area contributed by atoms with Crippen molar-refractivity contribution >= 4 is 23.3 Å². The molecule has 8 nitrogen and oxygen atoms in total. The first-order valence-electron chi connectivity index (χ1n) is 10.3. The first kappa shape index (κ1) is 22.5. The van der Waals surface area contributed by atoms with Crippen LogP contribution in [-0.4, -0.2) is 76.9 Å². The second-order valence-corrected chi connectivity index (χ2v) is 9.65. The largest absolute Gasteiger partial charge is 0.396 e. The number of ether oxygens (including phenoxy) is 2. The van der Waals surface area contributed by atoms with Crippen LogP contribution in [0.15, 0.2) is 28.3 Å². The van der Waals surface area contributed by atoms with Crippen LogP contribution >= 0.6 is 0 Å². The highest BCUT2D eigenvalue weighted by Crippen LogP contribution is 2.36. The normalized spacial score (nSPS) is 21.7. The Balaban J connectivity index is 1.69. The number of benzene rings is 1. The van der Waals surface area contributed by atoms with Gasteiger partial charge in [0.2, 0.25) is 0 Å². The number of aliphatic hydroxyl groups is 1. The molecule has 0 saturated carbocycles. The molecule has 2 fully saturated rings. The van der Waals surface area contributed by atoms with Crippen LogP contribution in [0.4, 0.5) is 11.4 Å². The number of aliphatic imine (C=N–C) groups is 1. The maximum absolute atomic E-state index is 9.51. The molecule has 0 unspecified atom stereocenters. The van der Waals surface area contributed by atoms with E-state index in [1.165, 1.54) is 0 Å². The van der Waals surface area contributed by atoms with Gasteiger partial charge in [0, 0.05) is 61.2 Å². The predicted molar refractivity (Wildman–Crippen MR) is 122 cm³/mol. The molecule has 0 aromatic heterocycles. The molecular weight excluding hydrogens is 382 g/mol. The van der Waals surface area contributed by atoms with Gasteiger partial charge in [0.15, 0.2) is 6.29 Å². The summed E-state index contributed by atoms with van der Waals surface area (Å²) in [7, 11) is 3.99. The van der Waals surface area contributed by atoms with Crippen LogP contribution in [0.2, 0.25) is 0 Å². The molecule has 0 bridgehead atoms. The summed E-state index contributed by atoms with van der Waals surface area (Å²) in [4.78, 5) is 8.77. The van der Waals surface area contributed by atoms with Crippen molar-refractivity contribution in [2.75, 3.05) is 63.4 Å². The van der Waals surface area contributed by atoms with Crippen LogP contribution in [0.3, 0.4) is 0 Å². The van der Waals surface area contributed by atoms with E-state index in [2.05, 4.69) is 47.9 Å². The Hall–Kier alpha value is -2.16. The third kappa shape index (κ3) is 5.11. The Bertz CT molecular complexity index is 790. The Labute approximate surface area is 179 Å². The standard InChI is InChI=1S/C22H35N5O3/c1-21(2)14-29-20(30-15-21)10-24-9-18(25-23)17-7-6-16(8-19(17)26(4)5)27-11-22(3,12-27)13-28/h6-9,20,28H,10-15,23H2,1-5H3/b24-9?,25-18+. The topological polar surface area (TPSA) is 95.9 Å². The highest BCUT2D eigenvalue weighted by Gasteiger charge is 2.38. The minimum absolute atomic E-state index is 0.0219. The quantitative estimate of drug-likeness (QED) is 0.398. The number of hydrogen-bond donors (Lipinski definition) is 2. The lowest BCUT2D eigenvalue weighted by molar-refractivity contribution is -0.215. The molecule has 0 radical (unpaired) electrons. The maximum Gasteiger partial charge on any atom is 0.176 e. The van der Waals surface area contributed by atoms with Crippen LogP contribution in [0.1, 0.15) is 26.3 Å². The van der Waals surface area contributed by atoms with Crippen molar-refractivity contribution in [3.05, 3.63) is 23.8 Å². The number of hydrazone groups is 1. The minimum atomic E-state index is -0.337. The summed E-state index contributed by atoms with van der Waals surface area (Å²) in [6.45, 7) is 9.92. The second-order valence-electron chi connectivity index (χ2n) is 9.65. The van der Waals surface area contributed by atoms with E-state index < -0.39 is 0 Å². The van der Waals surface area contributed by atoms with Crippen molar-refractivity contribution in [1.82, 2.24) is 0 Å². The van der Waals surface area contributed by atoms with Gasteiger partial charge in [-0.2, -0.15) is 5.10 Å². The van der Waals surface area contributed by atoms with Gasteiger partial charge in [-0.15, -0.1) is 0 Å². The molecule has 2 saturated heterocycles. The fourth-order valence-corrected chi connectivity index (χ4v) is 3.69. The van der Waals surface area contributed by atoms with Gasteiger partial charge in [0.1, 0.15) is 5.71 Å². The fourth-order valence-electron chi connectivity index (χ4n) is 3.69. The zero-order valence-corrected chi connectivity index (χ0v) is 18.8. The molecule has 0 amide bonds. The maximum atomic E-state index is 9.51. The van der Waals surface area contributed by atoms with Crippen LogP contribution in [-0.2, 0) is 9.47 Å². The molecule has 2 heterocycles. The molecule has 0 aliphatic carbocycles. The van der Waals surface area contributed by atoms with Crippen molar-refractivity contribution in [2.45, 2.75) is 27.1 Å².